The lowest BCUT2D eigenvalue weighted by Gasteiger charge is -2.14. The molecule has 2 aromatic rings. The summed E-state index contributed by atoms with van der Waals surface area (Å²) in [6.45, 7) is 4.36. The predicted octanol–water partition coefficient (Wildman–Crippen LogP) is 1.07. The number of hydrogen-bond donors (Lipinski definition) is 1. The monoisotopic (exact) mass is 309 g/mol. The second-order valence-electron chi connectivity index (χ2n) is 4.94. The van der Waals surface area contributed by atoms with E-state index in [1.807, 2.05) is 32.0 Å². The summed E-state index contributed by atoms with van der Waals surface area (Å²) in [5.41, 5.74) is 2.13. The third-order valence-corrected chi connectivity index (χ3v) is 3.65. The van der Waals surface area contributed by atoms with Crippen LogP contribution in [0.2, 0.25) is 0 Å². The molecular weight excluding hydrogens is 290 g/mol. The molecule has 0 amide bonds. The average Bonchev–Trinajstić information content (AvgIpc) is 2.88. The molecule has 0 unspecified atom stereocenters. The minimum atomic E-state index is -1.22. The maximum Gasteiger partial charge on any atom is 0.238 e. The van der Waals surface area contributed by atoms with E-state index in [1.165, 1.54) is 17.3 Å². The zero-order chi connectivity index (χ0) is 15.4. The normalized spacial score (nSPS) is 13.9. The van der Waals surface area contributed by atoms with Crippen LogP contribution >= 0.6 is 0 Å². The molecule has 0 saturated carbocycles. The van der Waals surface area contributed by atoms with Crippen molar-refractivity contribution in [1.82, 2.24) is 14.8 Å². The van der Waals surface area contributed by atoms with E-state index in [0.717, 1.165) is 16.9 Å². The van der Waals surface area contributed by atoms with Gasteiger partial charge in [-0.05, 0) is 31.0 Å². The number of aryl methyl sites for hydroxylation is 2. The molecule has 0 aliphatic rings. The highest BCUT2D eigenvalue weighted by molar-refractivity contribution is 7.84. The van der Waals surface area contributed by atoms with Crippen LogP contribution in [-0.2, 0) is 17.3 Å². The Hall–Kier alpha value is -1.73. The predicted molar refractivity (Wildman–Crippen MR) is 79.8 cm³/mol. The maximum absolute atomic E-state index is 11.2. The van der Waals surface area contributed by atoms with Gasteiger partial charge < -0.3 is 9.84 Å². The first kappa shape index (κ1) is 15.7. The fourth-order valence-electron chi connectivity index (χ4n) is 1.81. The van der Waals surface area contributed by atoms with Gasteiger partial charge in [-0.3, -0.25) is 4.21 Å². The summed E-state index contributed by atoms with van der Waals surface area (Å²) >= 11 is 0. The van der Waals surface area contributed by atoms with Gasteiger partial charge in [-0.25, -0.2) is 9.67 Å². The van der Waals surface area contributed by atoms with Crippen molar-refractivity contribution in [3.8, 4) is 5.75 Å². The van der Waals surface area contributed by atoms with Crippen molar-refractivity contribution in [2.24, 2.45) is 0 Å². The molecule has 0 aliphatic heterocycles. The molecule has 2 atom stereocenters. The zero-order valence-electron chi connectivity index (χ0n) is 12.3. The first-order valence-corrected chi connectivity index (χ1v) is 8.12. The van der Waals surface area contributed by atoms with Crippen molar-refractivity contribution < 1.29 is 14.1 Å². The minimum absolute atomic E-state index is 0.161. The van der Waals surface area contributed by atoms with Crippen molar-refractivity contribution in [2.75, 3.05) is 12.9 Å². The van der Waals surface area contributed by atoms with Crippen LogP contribution in [0.5, 0.6) is 5.75 Å². The van der Waals surface area contributed by atoms with Crippen LogP contribution in [0, 0.1) is 13.8 Å². The number of aliphatic hydroxyl groups excluding tert-OH is 1. The zero-order valence-corrected chi connectivity index (χ0v) is 13.1. The highest BCUT2D eigenvalue weighted by atomic mass is 32.2. The van der Waals surface area contributed by atoms with Crippen molar-refractivity contribution >= 4 is 10.8 Å². The van der Waals surface area contributed by atoms with Crippen molar-refractivity contribution in [2.45, 2.75) is 31.7 Å². The van der Waals surface area contributed by atoms with Gasteiger partial charge in [0.05, 0.1) is 17.3 Å². The van der Waals surface area contributed by atoms with Gasteiger partial charge in [0.2, 0.25) is 5.16 Å². The Balaban J connectivity index is 1.90. The number of benzene rings is 1. The molecule has 0 bridgehead atoms. The van der Waals surface area contributed by atoms with Crippen LogP contribution < -0.4 is 4.74 Å². The van der Waals surface area contributed by atoms with Crippen molar-refractivity contribution in [1.29, 1.82) is 0 Å². The molecule has 21 heavy (non-hydrogen) atoms. The van der Waals surface area contributed by atoms with Gasteiger partial charge in [0.1, 0.15) is 24.8 Å². The van der Waals surface area contributed by atoms with Gasteiger partial charge in [0, 0.05) is 6.26 Å². The number of ether oxygens (including phenoxy) is 1. The summed E-state index contributed by atoms with van der Waals surface area (Å²) in [6, 6.07) is 5.94. The second-order valence-corrected chi connectivity index (χ2v) is 6.21. The van der Waals surface area contributed by atoms with Crippen molar-refractivity contribution in [3.05, 3.63) is 35.7 Å². The highest BCUT2D eigenvalue weighted by Gasteiger charge is 2.11. The second kappa shape index (κ2) is 6.82. The van der Waals surface area contributed by atoms with Gasteiger partial charge in [0.15, 0.2) is 0 Å². The van der Waals surface area contributed by atoms with E-state index in [2.05, 4.69) is 10.1 Å². The number of aromatic nitrogens is 3. The fourth-order valence-corrected chi connectivity index (χ4v) is 2.23. The van der Waals surface area contributed by atoms with Gasteiger partial charge in [-0.2, -0.15) is 0 Å². The maximum atomic E-state index is 11.2. The largest absolute Gasteiger partial charge is 0.491 e. The van der Waals surface area contributed by atoms with Crippen LogP contribution in [-0.4, -0.2) is 43.0 Å². The van der Waals surface area contributed by atoms with Gasteiger partial charge in [-0.15, -0.1) is 5.10 Å². The van der Waals surface area contributed by atoms with Crippen LogP contribution in [0.4, 0.5) is 0 Å². The molecule has 0 spiro atoms. The lowest BCUT2D eigenvalue weighted by Crippen LogP contribution is -2.24. The number of rotatable bonds is 6. The first-order valence-electron chi connectivity index (χ1n) is 6.56. The summed E-state index contributed by atoms with van der Waals surface area (Å²) < 4.78 is 18.3. The fraction of sp³-hybridized carbons (Fsp3) is 0.429. The Bertz CT molecular complexity index is 642. The molecule has 2 rings (SSSR count). The summed E-state index contributed by atoms with van der Waals surface area (Å²) in [4.78, 5) is 3.91. The van der Waals surface area contributed by atoms with E-state index in [1.54, 1.807) is 0 Å². The minimum Gasteiger partial charge on any atom is -0.491 e. The number of aliphatic hydroxyl groups is 1. The third-order valence-electron chi connectivity index (χ3n) is 2.95. The Morgan fingerprint density at radius 2 is 2.19 bits per heavy atom. The van der Waals surface area contributed by atoms with Crippen LogP contribution in [0.1, 0.15) is 11.1 Å². The molecule has 1 N–H and O–H groups in total. The van der Waals surface area contributed by atoms with Gasteiger partial charge in [-0.1, -0.05) is 12.1 Å². The lowest BCUT2D eigenvalue weighted by atomic mass is 10.1. The molecule has 1 aromatic heterocycles. The quantitative estimate of drug-likeness (QED) is 0.864. The molecule has 114 valence electrons. The Kier molecular flexibility index (Phi) is 5.08. The number of nitrogens with zero attached hydrogens (tertiary/aromatic N) is 3. The summed E-state index contributed by atoms with van der Waals surface area (Å²) in [5.74, 6) is 0.767. The smallest absolute Gasteiger partial charge is 0.238 e. The molecule has 7 heteroatoms. The molecule has 1 aromatic carbocycles. The molecule has 0 aliphatic carbocycles. The van der Waals surface area contributed by atoms with E-state index in [0.29, 0.717) is 0 Å². The summed E-state index contributed by atoms with van der Waals surface area (Å²) in [6.07, 6.45) is 2.25. The van der Waals surface area contributed by atoms with Crippen LogP contribution in [0.3, 0.4) is 0 Å². The van der Waals surface area contributed by atoms with E-state index in [4.69, 9.17) is 4.74 Å². The Labute approximate surface area is 126 Å². The lowest BCUT2D eigenvalue weighted by molar-refractivity contribution is 0.0886. The molecule has 0 fully saturated rings. The van der Waals surface area contributed by atoms with Crippen LogP contribution in [0.15, 0.2) is 29.7 Å². The Morgan fingerprint density at radius 3 is 2.86 bits per heavy atom. The van der Waals surface area contributed by atoms with Gasteiger partial charge >= 0.3 is 0 Å². The summed E-state index contributed by atoms with van der Waals surface area (Å²) in [5, 5.41) is 14.3. The van der Waals surface area contributed by atoms with E-state index in [9.17, 15) is 9.32 Å². The van der Waals surface area contributed by atoms with E-state index in [-0.39, 0.29) is 18.3 Å². The molecular formula is C14H19N3O3S. The standard InChI is InChI=1S/C14H19N3O3S/c1-10-4-5-11(2)13(6-10)20-8-12(18)7-17-9-15-14(16-17)21(3)19/h4-6,9,12,18H,7-8H2,1-3H3/t12-,21-/m1/s1. The van der Waals surface area contributed by atoms with Crippen molar-refractivity contribution in [3.63, 3.8) is 0 Å². The Morgan fingerprint density at radius 1 is 1.43 bits per heavy atom. The number of hydrogen-bond acceptors (Lipinski definition) is 5. The van der Waals surface area contributed by atoms with E-state index >= 15 is 0 Å². The van der Waals surface area contributed by atoms with Crippen LogP contribution in [0.25, 0.3) is 0 Å². The molecule has 6 nitrogen and oxygen atoms in total. The first-order chi connectivity index (χ1) is 9.95. The SMILES string of the molecule is Cc1ccc(C)c(OC[C@H](O)Cn2cnc([S@@](C)=O)n2)c1. The molecule has 0 saturated heterocycles. The third kappa shape index (κ3) is 4.37. The van der Waals surface area contributed by atoms with E-state index < -0.39 is 16.9 Å². The summed E-state index contributed by atoms with van der Waals surface area (Å²) in [7, 11) is -1.22. The highest BCUT2D eigenvalue weighted by Crippen LogP contribution is 2.19. The molecule has 0 radical (unpaired) electrons. The molecule has 1 heterocycles. The topological polar surface area (TPSA) is 77.2 Å². The van der Waals surface area contributed by atoms with Gasteiger partial charge in [0.25, 0.3) is 0 Å². The average molecular weight is 309 g/mol.